The van der Waals surface area contributed by atoms with E-state index < -0.39 is 0 Å². The predicted molar refractivity (Wildman–Crippen MR) is 80.0 cm³/mol. The van der Waals surface area contributed by atoms with Crippen LogP contribution >= 0.6 is 12.4 Å². The number of nitrogens with two attached hydrogens (primary N) is 1. The average molecular weight is 305 g/mol. The van der Waals surface area contributed by atoms with Crippen molar-refractivity contribution in [3.8, 4) is 0 Å². The van der Waals surface area contributed by atoms with E-state index in [0.29, 0.717) is 11.5 Å². The molecule has 1 aromatic carbocycles. The van der Waals surface area contributed by atoms with Gasteiger partial charge in [0, 0.05) is 17.6 Å². The number of hydrogen-bond acceptors (Lipinski definition) is 2. The van der Waals surface area contributed by atoms with Crippen molar-refractivity contribution < 1.29 is 8.78 Å². The molecule has 1 fully saturated rings. The third kappa shape index (κ3) is 3.90. The molecular formula is C15H23ClF2N2. The number of benzene rings is 1. The Morgan fingerprint density at radius 2 is 1.80 bits per heavy atom. The van der Waals surface area contributed by atoms with Crippen LogP contribution in [0.4, 0.5) is 8.78 Å². The highest BCUT2D eigenvalue weighted by Gasteiger charge is 2.26. The van der Waals surface area contributed by atoms with Crippen LogP contribution in [0.15, 0.2) is 18.2 Å². The van der Waals surface area contributed by atoms with Crippen molar-refractivity contribution in [1.82, 2.24) is 4.90 Å². The van der Waals surface area contributed by atoms with Gasteiger partial charge in [0.25, 0.3) is 0 Å². The molecule has 0 amide bonds. The maximum absolute atomic E-state index is 13.8. The van der Waals surface area contributed by atoms with Gasteiger partial charge in [-0.05, 0) is 63.9 Å². The third-order valence-electron chi connectivity index (χ3n) is 4.27. The molecule has 1 heterocycles. The van der Waals surface area contributed by atoms with Crippen LogP contribution in [0.5, 0.6) is 0 Å². The molecule has 1 saturated heterocycles. The summed E-state index contributed by atoms with van der Waals surface area (Å²) in [5, 5.41) is 0. The van der Waals surface area contributed by atoms with Gasteiger partial charge in [-0.2, -0.15) is 0 Å². The predicted octanol–water partition coefficient (Wildman–Crippen LogP) is 3.51. The average Bonchev–Trinajstić information content (AvgIpc) is 2.41. The Morgan fingerprint density at radius 1 is 1.20 bits per heavy atom. The Bertz CT molecular complexity index is 432. The molecule has 2 N–H and O–H groups in total. The van der Waals surface area contributed by atoms with Gasteiger partial charge in [-0.25, -0.2) is 8.78 Å². The molecule has 0 radical (unpaired) electrons. The number of hydrogen-bond donors (Lipinski definition) is 1. The summed E-state index contributed by atoms with van der Waals surface area (Å²) >= 11 is 0. The quantitative estimate of drug-likeness (QED) is 0.926. The summed E-state index contributed by atoms with van der Waals surface area (Å²) in [7, 11) is 0. The van der Waals surface area contributed by atoms with E-state index in [0.717, 1.165) is 32.0 Å². The lowest BCUT2D eigenvalue weighted by Gasteiger charge is -2.37. The van der Waals surface area contributed by atoms with Crippen LogP contribution in [-0.2, 0) is 0 Å². The smallest absolute Gasteiger partial charge is 0.128 e. The zero-order valence-electron chi connectivity index (χ0n) is 12.0. The minimum absolute atomic E-state index is 0. The summed E-state index contributed by atoms with van der Waals surface area (Å²) in [6, 6.07) is 3.79. The number of rotatable bonds is 3. The zero-order chi connectivity index (χ0) is 14.0. The van der Waals surface area contributed by atoms with E-state index in [-0.39, 0.29) is 36.1 Å². The van der Waals surface area contributed by atoms with Crippen molar-refractivity contribution in [3.63, 3.8) is 0 Å². The fourth-order valence-corrected chi connectivity index (χ4v) is 2.86. The van der Waals surface area contributed by atoms with Gasteiger partial charge in [0.2, 0.25) is 0 Å². The highest BCUT2D eigenvalue weighted by atomic mass is 35.5. The Labute approximate surface area is 125 Å². The molecule has 0 spiro atoms. The highest BCUT2D eigenvalue weighted by molar-refractivity contribution is 5.85. The van der Waals surface area contributed by atoms with Crippen molar-refractivity contribution in [1.29, 1.82) is 0 Å². The Kier molecular flexibility index (Phi) is 6.37. The molecule has 1 aliphatic heterocycles. The molecule has 20 heavy (non-hydrogen) atoms. The largest absolute Gasteiger partial charge is 0.328 e. The fourth-order valence-electron chi connectivity index (χ4n) is 2.86. The van der Waals surface area contributed by atoms with Crippen LogP contribution in [-0.4, -0.2) is 24.0 Å². The SMILES string of the molecule is CC(N)C1CCN(C(C)c2cc(F)ccc2F)CC1.Cl. The lowest BCUT2D eigenvalue weighted by molar-refractivity contribution is 0.130. The molecule has 0 aliphatic carbocycles. The topological polar surface area (TPSA) is 29.3 Å². The Morgan fingerprint density at radius 3 is 2.35 bits per heavy atom. The summed E-state index contributed by atoms with van der Waals surface area (Å²) in [5.41, 5.74) is 6.36. The summed E-state index contributed by atoms with van der Waals surface area (Å²) in [6.07, 6.45) is 2.05. The van der Waals surface area contributed by atoms with E-state index >= 15 is 0 Å². The van der Waals surface area contributed by atoms with Gasteiger partial charge in [0.15, 0.2) is 0 Å². The minimum atomic E-state index is -0.381. The summed E-state index contributed by atoms with van der Waals surface area (Å²) in [4.78, 5) is 2.21. The first kappa shape index (κ1) is 17.3. The van der Waals surface area contributed by atoms with E-state index in [2.05, 4.69) is 4.90 Å². The van der Waals surface area contributed by atoms with Gasteiger partial charge in [-0.1, -0.05) is 0 Å². The lowest BCUT2D eigenvalue weighted by Crippen LogP contribution is -2.40. The van der Waals surface area contributed by atoms with Crippen LogP contribution in [0.25, 0.3) is 0 Å². The van der Waals surface area contributed by atoms with Crippen molar-refractivity contribution in [2.75, 3.05) is 13.1 Å². The van der Waals surface area contributed by atoms with Gasteiger partial charge in [0.1, 0.15) is 11.6 Å². The highest BCUT2D eigenvalue weighted by Crippen LogP contribution is 2.29. The Balaban J connectivity index is 0.00000200. The lowest BCUT2D eigenvalue weighted by atomic mass is 9.89. The van der Waals surface area contributed by atoms with E-state index in [9.17, 15) is 8.78 Å². The Hall–Kier alpha value is -0.710. The normalized spacial score (nSPS) is 20.2. The standard InChI is InChI=1S/C15H22F2N2.ClH/c1-10(18)12-5-7-19(8-6-12)11(2)14-9-13(16)3-4-15(14)17;/h3-4,9-12H,5-8,18H2,1-2H3;1H. The molecule has 1 aliphatic rings. The molecule has 2 nitrogen and oxygen atoms in total. The van der Waals surface area contributed by atoms with E-state index in [1.165, 1.54) is 12.1 Å². The molecule has 0 bridgehead atoms. The van der Waals surface area contributed by atoms with Crippen molar-refractivity contribution >= 4 is 12.4 Å². The van der Waals surface area contributed by atoms with Crippen molar-refractivity contribution in [2.24, 2.45) is 11.7 Å². The van der Waals surface area contributed by atoms with Crippen LogP contribution in [0, 0.1) is 17.6 Å². The minimum Gasteiger partial charge on any atom is -0.328 e. The van der Waals surface area contributed by atoms with Crippen molar-refractivity contribution in [3.05, 3.63) is 35.4 Å². The summed E-state index contributed by atoms with van der Waals surface area (Å²) in [5.74, 6) is -0.169. The third-order valence-corrected chi connectivity index (χ3v) is 4.27. The molecule has 2 atom stereocenters. The molecule has 5 heteroatoms. The summed E-state index contributed by atoms with van der Waals surface area (Å²) in [6.45, 7) is 5.76. The maximum Gasteiger partial charge on any atom is 0.128 e. The maximum atomic E-state index is 13.8. The van der Waals surface area contributed by atoms with Crippen molar-refractivity contribution in [2.45, 2.75) is 38.8 Å². The second-order valence-electron chi connectivity index (χ2n) is 5.57. The van der Waals surface area contributed by atoms with Crippen LogP contribution in [0.1, 0.15) is 38.3 Å². The van der Waals surface area contributed by atoms with Gasteiger partial charge >= 0.3 is 0 Å². The number of nitrogens with zero attached hydrogens (tertiary/aromatic N) is 1. The fraction of sp³-hybridized carbons (Fsp3) is 0.600. The molecule has 0 saturated carbocycles. The van der Waals surface area contributed by atoms with Gasteiger partial charge in [-0.3, -0.25) is 4.90 Å². The van der Waals surface area contributed by atoms with Gasteiger partial charge in [-0.15, -0.1) is 12.4 Å². The molecule has 0 aromatic heterocycles. The van der Waals surface area contributed by atoms with Crippen LogP contribution in [0.3, 0.4) is 0 Å². The first-order valence-corrected chi connectivity index (χ1v) is 6.93. The second kappa shape index (κ2) is 7.34. The molecule has 2 rings (SSSR count). The van der Waals surface area contributed by atoms with E-state index in [4.69, 9.17) is 5.73 Å². The summed E-state index contributed by atoms with van der Waals surface area (Å²) < 4.78 is 27.0. The number of halogens is 3. The first-order valence-electron chi connectivity index (χ1n) is 6.93. The van der Waals surface area contributed by atoms with Crippen LogP contribution in [0.2, 0.25) is 0 Å². The zero-order valence-corrected chi connectivity index (χ0v) is 12.8. The molecule has 1 aromatic rings. The second-order valence-corrected chi connectivity index (χ2v) is 5.57. The number of likely N-dealkylation sites (tertiary alicyclic amines) is 1. The van der Waals surface area contributed by atoms with Crippen LogP contribution < -0.4 is 5.73 Å². The first-order chi connectivity index (χ1) is 8.99. The monoisotopic (exact) mass is 304 g/mol. The molecular weight excluding hydrogens is 282 g/mol. The molecule has 114 valence electrons. The molecule has 2 unspecified atom stereocenters. The number of piperidine rings is 1. The van der Waals surface area contributed by atoms with Gasteiger partial charge < -0.3 is 5.73 Å². The van der Waals surface area contributed by atoms with E-state index in [1.807, 2.05) is 13.8 Å². The van der Waals surface area contributed by atoms with Gasteiger partial charge in [0.05, 0.1) is 0 Å². The van der Waals surface area contributed by atoms with E-state index in [1.54, 1.807) is 0 Å².